The molecule has 0 spiro atoms. The monoisotopic (exact) mass is 383 g/mol. The van der Waals surface area contributed by atoms with Crippen molar-refractivity contribution in [3.05, 3.63) is 53.6 Å². The van der Waals surface area contributed by atoms with Gasteiger partial charge in [0.15, 0.2) is 11.2 Å². The molecule has 3 rings (SSSR count). The van der Waals surface area contributed by atoms with Gasteiger partial charge in [-0.25, -0.2) is 9.78 Å². The lowest BCUT2D eigenvalue weighted by molar-refractivity contribution is -0.123. The SMILES string of the molecule is CC(OC(=O)c1ccc2nc(N)sc2c1)C(=O)Nc1ccc(C(C)C)cc1. The lowest BCUT2D eigenvalue weighted by Gasteiger charge is -2.14. The second-order valence-corrected chi connectivity index (χ2v) is 7.61. The molecule has 1 unspecified atom stereocenters. The molecule has 1 atom stereocenters. The van der Waals surface area contributed by atoms with Gasteiger partial charge in [0.05, 0.1) is 15.8 Å². The van der Waals surface area contributed by atoms with E-state index in [4.69, 9.17) is 10.5 Å². The zero-order valence-electron chi connectivity index (χ0n) is 15.4. The normalized spacial score (nSPS) is 12.1. The van der Waals surface area contributed by atoms with Crippen LogP contribution in [0.25, 0.3) is 10.2 Å². The Morgan fingerprint density at radius 1 is 1.11 bits per heavy atom. The summed E-state index contributed by atoms with van der Waals surface area (Å²) in [5, 5.41) is 3.19. The molecule has 0 aliphatic heterocycles. The van der Waals surface area contributed by atoms with Crippen molar-refractivity contribution in [2.75, 3.05) is 11.1 Å². The summed E-state index contributed by atoms with van der Waals surface area (Å²) in [7, 11) is 0. The number of nitrogens with zero attached hydrogens (tertiary/aromatic N) is 1. The molecule has 0 radical (unpaired) electrons. The Kier molecular flexibility index (Phi) is 5.41. The van der Waals surface area contributed by atoms with E-state index in [0.29, 0.717) is 22.3 Å². The Labute approximate surface area is 161 Å². The van der Waals surface area contributed by atoms with Crippen LogP contribution >= 0.6 is 11.3 Å². The maximum Gasteiger partial charge on any atom is 0.338 e. The number of benzene rings is 2. The van der Waals surface area contributed by atoms with Gasteiger partial charge in [0.25, 0.3) is 5.91 Å². The minimum atomic E-state index is -0.926. The first-order valence-corrected chi connectivity index (χ1v) is 9.43. The number of anilines is 2. The van der Waals surface area contributed by atoms with Gasteiger partial charge in [-0.15, -0.1) is 0 Å². The van der Waals surface area contributed by atoms with Gasteiger partial charge >= 0.3 is 5.97 Å². The molecule has 1 heterocycles. The third-order valence-electron chi connectivity index (χ3n) is 4.14. The molecule has 7 heteroatoms. The molecule has 0 aliphatic rings. The van der Waals surface area contributed by atoms with E-state index in [1.54, 1.807) is 25.1 Å². The standard InChI is InChI=1S/C20H21N3O3S/c1-11(2)13-4-7-15(8-5-13)22-18(24)12(3)26-19(25)14-6-9-16-17(10-14)27-20(21)23-16/h4-12H,1-3H3,(H2,21,23)(H,22,24). The van der Waals surface area contributed by atoms with Crippen molar-refractivity contribution in [2.45, 2.75) is 32.8 Å². The number of ether oxygens (including phenoxy) is 1. The number of carbonyl (C=O) groups excluding carboxylic acids is 2. The number of nitrogens with one attached hydrogen (secondary N) is 1. The van der Waals surface area contributed by atoms with Crippen LogP contribution in [0.5, 0.6) is 0 Å². The Bertz CT molecular complexity index is 980. The summed E-state index contributed by atoms with van der Waals surface area (Å²) >= 11 is 1.29. The predicted molar refractivity (Wildman–Crippen MR) is 108 cm³/mol. The second kappa shape index (κ2) is 7.75. The van der Waals surface area contributed by atoms with Crippen molar-refractivity contribution < 1.29 is 14.3 Å². The third kappa shape index (κ3) is 4.43. The summed E-state index contributed by atoms with van der Waals surface area (Å²) in [6.07, 6.45) is -0.926. The number of esters is 1. The van der Waals surface area contributed by atoms with Crippen LogP contribution < -0.4 is 11.1 Å². The fourth-order valence-corrected chi connectivity index (χ4v) is 3.32. The van der Waals surface area contributed by atoms with Crippen LogP contribution in [0.3, 0.4) is 0 Å². The maximum atomic E-state index is 12.3. The first kappa shape index (κ1) is 18.8. The minimum absolute atomic E-state index is 0.354. The summed E-state index contributed by atoms with van der Waals surface area (Å²) in [5.41, 5.74) is 8.60. The number of carbonyl (C=O) groups is 2. The number of amides is 1. The highest BCUT2D eigenvalue weighted by Crippen LogP contribution is 2.25. The fourth-order valence-electron chi connectivity index (χ4n) is 2.55. The Morgan fingerprint density at radius 3 is 2.48 bits per heavy atom. The van der Waals surface area contributed by atoms with Crippen molar-refractivity contribution in [3.8, 4) is 0 Å². The Hall–Kier alpha value is -2.93. The molecule has 0 fully saturated rings. The smallest absolute Gasteiger partial charge is 0.338 e. The van der Waals surface area contributed by atoms with Crippen molar-refractivity contribution in [1.82, 2.24) is 4.98 Å². The number of hydrogen-bond donors (Lipinski definition) is 2. The number of nitrogens with two attached hydrogens (primary N) is 1. The van der Waals surface area contributed by atoms with Crippen molar-refractivity contribution >= 4 is 44.2 Å². The van der Waals surface area contributed by atoms with Crippen molar-refractivity contribution in [1.29, 1.82) is 0 Å². The highest BCUT2D eigenvalue weighted by atomic mass is 32.1. The van der Waals surface area contributed by atoms with E-state index >= 15 is 0 Å². The molecular formula is C20H21N3O3S. The van der Waals surface area contributed by atoms with Gasteiger partial charge in [0.2, 0.25) is 0 Å². The number of fused-ring (bicyclic) bond motifs is 1. The van der Waals surface area contributed by atoms with E-state index < -0.39 is 12.1 Å². The van der Waals surface area contributed by atoms with E-state index in [2.05, 4.69) is 24.1 Å². The lowest BCUT2D eigenvalue weighted by Crippen LogP contribution is -2.30. The van der Waals surface area contributed by atoms with E-state index in [9.17, 15) is 9.59 Å². The number of hydrogen-bond acceptors (Lipinski definition) is 6. The van der Waals surface area contributed by atoms with Crippen molar-refractivity contribution in [3.63, 3.8) is 0 Å². The van der Waals surface area contributed by atoms with Gasteiger partial charge in [-0.1, -0.05) is 37.3 Å². The van der Waals surface area contributed by atoms with Gasteiger partial charge in [0, 0.05) is 5.69 Å². The molecule has 0 aliphatic carbocycles. The zero-order chi connectivity index (χ0) is 19.6. The van der Waals surface area contributed by atoms with Crippen LogP contribution in [0, 0.1) is 0 Å². The first-order chi connectivity index (χ1) is 12.8. The van der Waals surface area contributed by atoms with E-state index in [1.165, 1.54) is 16.9 Å². The Morgan fingerprint density at radius 2 is 1.81 bits per heavy atom. The summed E-state index contributed by atoms with van der Waals surface area (Å²) in [4.78, 5) is 28.8. The van der Waals surface area contributed by atoms with E-state index in [1.807, 2.05) is 24.3 Å². The molecule has 3 N–H and O–H groups in total. The third-order valence-corrected chi connectivity index (χ3v) is 4.99. The summed E-state index contributed by atoms with van der Waals surface area (Å²) in [5.74, 6) is -0.536. The molecule has 27 heavy (non-hydrogen) atoms. The van der Waals surface area contributed by atoms with Crippen LogP contribution in [0.1, 0.15) is 42.6 Å². The molecule has 3 aromatic rings. The van der Waals surface area contributed by atoms with E-state index in [0.717, 1.165) is 10.2 Å². The molecule has 140 valence electrons. The number of thiazole rings is 1. The average Bonchev–Trinajstić information content (AvgIpc) is 3.01. The van der Waals surface area contributed by atoms with E-state index in [-0.39, 0.29) is 5.91 Å². The average molecular weight is 383 g/mol. The fraction of sp³-hybridized carbons (Fsp3) is 0.250. The molecule has 0 saturated heterocycles. The number of rotatable bonds is 5. The second-order valence-electron chi connectivity index (χ2n) is 6.55. The van der Waals surface area contributed by atoms with Gasteiger partial charge in [0.1, 0.15) is 0 Å². The van der Waals surface area contributed by atoms with Crippen LogP contribution in [-0.2, 0) is 9.53 Å². The van der Waals surface area contributed by atoms with Crippen LogP contribution in [-0.4, -0.2) is 23.0 Å². The van der Waals surface area contributed by atoms with Crippen LogP contribution in [0.4, 0.5) is 10.8 Å². The first-order valence-electron chi connectivity index (χ1n) is 8.61. The molecule has 6 nitrogen and oxygen atoms in total. The van der Waals surface area contributed by atoms with Crippen LogP contribution in [0.15, 0.2) is 42.5 Å². The highest BCUT2D eigenvalue weighted by Gasteiger charge is 2.19. The Balaban J connectivity index is 1.63. The largest absolute Gasteiger partial charge is 0.449 e. The maximum absolute atomic E-state index is 12.3. The zero-order valence-corrected chi connectivity index (χ0v) is 16.2. The lowest BCUT2D eigenvalue weighted by atomic mass is 10.0. The van der Waals surface area contributed by atoms with Gasteiger partial charge < -0.3 is 15.8 Å². The summed E-state index contributed by atoms with van der Waals surface area (Å²) in [6.45, 7) is 5.75. The van der Waals surface area contributed by atoms with Gasteiger partial charge in [-0.05, 0) is 48.7 Å². The predicted octanol–water partition coefficient (Wildman–Crippen LogP) is 4.19. The highest BCUT2D eigenvalue weighted by molar-refractivity contribution is 7.22. The van der Waals surface area contributed by atoms with Crippen molar-refractivity contribution in [2.24, 2.45) is 0 Å². The quantitative estimate of drug-likeness (QED) is 0.644. The molecule has 1 amide bonds. The number of aromatic nitrogens is 1. The topological polar surface area (TPSA) is 94.3 Å². The minimum Gasteiger partial charge on any atom is -0.449 e. The van der Waals surface area contributed by atoms with Gasteiger partial charge in [-0.3, -0.25) is 4.79 Å². The molecule has 0 bridgehead atoms. The molecule has 1 aromatic heterocycles. The van der Waals surface area contributed by atoms with Gasteiger partial charge in [-0.2, -0.15) is 0 Å². The van der Waals surface area contributed by atoms with Crippen LogP contribution in [0.2, 0.25) is 0 Å². The number of nitrogen functional groups attached to an aromatic ring is 1. The molecular weight excluding hydrogens is 362 g/mol. The molecule has 0 saturated carbocycles. The summed E-state index contributed by atoms with van der Waals surface area (Å²) < 4.78 is 6.09. The summed E-state index contributed by atoms with van der Waals surface area (Å²) in [6, 6.07) is 12.6. The molecule has 2 aromatic carbocycles.